The number of nitrogens with zero attached hydrogens (tertiary/aromatic N) is 1. The highest BCUT2D eigenvalue weighted by Crippen LogP contribution is 2.28. The predicted molar refractivity (Wildman–Crippen MR) is 90.8 cm³/mol. The summed E-state index contributed by atoms with van der Waals surface area (Å²) in [5, 5.41) is 3.21. The van der Waals surface area contributed by atoms with Crippen molar-refractivity contribution in [2.45, 2.75) is 46.2 Å². The molecule has 124 valence electrons. The number of carbonyl (C=O) groups is 1. The molecular weight excluding hydrogens is 300 g/mol. The molecule has 1 unspecified atom stereocenters. The summed E-state index contributed by atoms with van der Waals surface area (Å²) in [4.78, 5) is 11.3. The van der Waals surface area contributed by atoms with Crippen LogP contribution in [0.5, 0.6) is 0 Å². The van der Waals surface area contributed by atoms with E-state index >= 15 is 0 Å². The molecule has 1 aromatic carbocycles. The first-order chi connectivity index (χ1) is 10.3. The van der Waals surface area contributed by atoms with E-state index in [1.807, 2.05) is 38.1 Å². The zero-order chi connectivity index (χ0) is 16.9. The van der Waals surface area contributed by atoms with E-state index in [1.54, 1.807) is 6.92 Å². The van der Waals surface area contributed by atoms with Crippen LogP contribution in [0.25, 0.3) is 0 Å². The maximum Gasteiger partial charge on any atom is 0.232 e. The number of rotatable bonds is 4. The van der Waals surface area contributed by atoms with Crippen LogP contribution in [-0.4, -0.2) is 39.1 Å². The smallest absolute Gasteiger partial charge is 0.232 e. The molecule has 22 heavy (non-hydrogen) atoms. The van der Waals surface area contributed by atoms with Gasteiger partial charge < -0.3 is 5.32 Å². The van der Waals surface area contributed by atoms with E-state index in [0.717, 1.165) is 17.7 Å². The van der Waals surface area contributed by atoms with Gasteiger partial charge in [-0.15, -0.1) is 0 Å². The molecule has 1 N–H and O–H groups in total. The second-order valence-corrected chi connectivity index (χ2v) is 7.23. The van der Waals surface area contributed by atoms with E-state index in [1.165, 1.54) is 17.5 Å². The Hall–Kier alpha value is -1.40. The standard InChI is InChI=1S/C14H20N2O3S.C2H6/c1-10(11(2)17)15-13-8-12-6-4-5-7-14(12)16(9-13)20(3,18)19;1-2/h4-7,10,13,15H,8-9H2,1-3H3;1-2H3/t10?,13-;/m1./s1. The van der Waals surface area contributed by atoms with Crippen LogP contribution in [0.4, 0.5) is 5.69 Å². The molecule has 5 nitrogen and oxygen atoms in total. The summed E-state index contributed by atoms with van der Waals surface area (Å²) in [7, 11) is -3.32. The van der Waals surface area contributed by atoms with Gasteiger partial charge in [-0.1, -0.05) is 32.0 Å². The first-order valence-corrected chi connectivity index (χ1v) is 9.46. The van der Waals surface area contributed by atoms with Crippen molar-refractivity contribution in [3.8, 4) is 0 Å². The van der Waals surface area contributed by atoms with Crippen LogP contribution in [0.15, 0.2) is 24.3 Å². The summed E-state index contributed by atoms with van der Waals surface area (Å²) in [6, 6.07) is 7.16. The highest BCUT2D eigenvalue weighted by molar-refractivity contribution is 7.92. The summed E-state index contributed by atoms with van der Waals surface area (Å²) in [6.45, 7) is 7.68. The van der Waals surface area contributed by atoms with Crippen LogP contribution < -0.4 is 9.62 Å². The molecule has 2 rings (SSSR count). The number of hydrogen-bond acceptors (Lipinski definition) is 4. The number of carbonyl (C=O) groups excluding carboxylic acids is 1. The summed E-state index contributed by atoms with van der Waals surface area (Å²) in [5.41, 5.74) is 1.72. The third-order valence-electron chi connectivity index (χ3n) is 3.61. The summed E-state index contributed by atoms with van der Waals surface area (Å²) in [5.74, 6) is 0.0507. The number of hydrogen-bond donors (Lipinski definition) is 1. The molecule has 1 heterocycles. The summed E-state index contributed by atoms with van der Waals surface area (Å²) < 4.78 is 25.3. The van der Waals surface area contributed by atoms with Gasteiger partial charge in [0.05, 0.1) is 18.0 Å². The van der Waals surface area contributed by atoms with Crippen molar-refractivity contribution in [1.29, 1.82) is 0 Å². The zero-order valence-corrected chi connectivity index (χ0v) is 14.8. The molecule has 2 atom stereocenters. The molecule has 0 spiro atoms. The zero-order valence-electron chi connectivity index (χ0n) is 14.0. The summed E-state index contributed by atoms with van der Waals surface area (Å²) in [6.07, 6.45) is 1.93. The van der Waals surface area contributed by atoms with E-state index in [-0.39, 0.29) is 17.9 Å². The first-order valence-electron chi connectivity index (χ1n) is 7.61. The minimum absolute atomic E-state index is 0.0507. The molecule has 0 amide bonds. The van der Waals surface area contributed by atoms with E-state index in [2.05, 4.69) is 5.32 Å². The van der Waals surface area contributed by atoms with E-state index in [0.29, 0.717) is 6.54 Å². The average molecular weight is 326 g/mol. The molecule has 0 bridgehead atoms. The predicted octanol–water partition coefficient (Wildman–Crippen LogP) is 1.97. The second-order valence-electron chi connectivity index (χ2n) is 5.32. The number of anilines is 1. The van der Waals surface area contributed by atoms with Gasteiger partial charge in [0.15, 0.2) is 0 Å². The van der Waals surface area contributed by atoms with E-state index in [9.17, 15) is 13.2 Å². The highest BCUT2D eigenvalue weighted by Gasteiger charge is 2.30. The van der Waals surface area contributed by atoms with Gasteiger partial charge >= 0.3 is 0 Å². The van der Waals surface area contributed by atoms with Crippen molar-refractivity contribution in [2.75, 3.05) is 17.1 Å². The Morgan fingerprint density at radius 2 is 1.91 bits per heavy atom. The van der Waals surface area contributed by atoms with Crippen molar-refractivity contribution in [3.63, 3.8) is 0 Å². The number of benzene rings is 1. The lowest BCUT2D eigenvalue weighted by molar-refractivity contribution is -0.118. The molecule has 1 aliphatic rings. The Labute approximate surface area is 133 Å². The fourth-order valence-electron chi connectivity index (χ4n) is 2.45. The molecule has 0 saturated heterocycles. The Bertz CT molecular complexity index is 614. The van der Waals surface area contributed by atoms with Gasteiger partial charge in [-0.05, 0) is 31.9 Å². The Morgan fingerprint density at radius 1 is 1.32 bits per heavy atom. The third kappa shape index (κ3) is 4.55. The van der Waals surface area contributed by atoms with Gasteiger partial charge in [-0.2, -0.15) is 0 Å². The van der Waals surface area contributed by atoms with Crippen molar-refractivity contribution >= 4 is 21.5 Å². The number of sulfonamides is 1. The van der Waals surface area contributed by atoms with Crippen molar-refractivity contribution in [3.05, 3.63) is 29.8 Å². The van der Waals surface area contributed by atoms with Crippen LogP contribution >= 0.6 is 0 Å². The van der Waals surface area contributed by atoms with Crippen molar-refractivity contribution in [1.82, 2.24) is 5.32 Å². The molecule has 6 heteroatoms. The lowest BCUT2D eigenvalue weighted by Crippen LogP contribution is -2.51. The first kappa shape index (κ1) is 18.6. The Morgan fingerprint density at radius 3 is 2.45 bits per heavy atom. The molecule has 0 aromatic heterocycles. The maximum absolute atomic E-state index is 11.9. The Balaban J connectivity index is 0.00000116. The number of Topliss-reactive ketones (excluding diaryl/α,β-unsaturated/α-hetero) is 1. The van der Waals surface area contributed by atoms with Gasteiger partial charge in [-0.3, -0.25) is 9.10 Å². The van der Waals surface area contributed by atoms with Crippen LogP contribution in [0.2, 0.25) is 0 Å². The summed E-state index contributed by atoms with van der Waals surface area (Å²) >= 11 is 0. The highest BCUT2D eigenvalue weighted by atomic mass is 32.2. The van der Waals surface area contributed by atoms with Gasteiger partial charge in [0.2, 0.25) is 10.0 Å². The molecule has 0 fully saturated rings. The molecule has 0 saturated carbocycles. The largest absolute Gasteiger partial charge is 0.303 e. The lowest BCUT2D eigenvalue weighted by Gasteiger charge is -2.35. The van der Waals surface area contributed by atoms with Crippen molar-refractivity contribution < 1.29 is 13.2 Å². The van der Waals surface area contributed by atoms with Gasteiger partial charge in [-0.25, -0.2) is 8.42 Å². The topological polar surface area (TPSA) is 66.5 Å². The molecule has 0 aliphatic carbocycles. The monoisotopic (exact) mass is 326 g/mol. The maximum atomic E-state index is 11.9. The van der Waals surface area contributed by atoms with Gasteiger partial charge in [0.1, 0.15) is 5.78 Å². The number of nitrogens with one attached hydrogen (secondary N) is 1. The number of para-hydroxylation sites is 1. The number of ketones is 1. The fraction of sp³-hybridized carbons (Fsp3) is 0.562. The molecule has 1 aromatic rings. The number of fused-ring (bicyclic) bond motifs is 1. The normalized spacial score (nSPS) is 18.8. The van der Waals surface area contributed by atoms with Crippen LogP contribution in [0.1, 0.15) is 33.3 Å². The molecule has 0 radical (unpaired) electrons. The lowest BCUT2D eigenvalue weighted by atomic mass is 9.99. The minimum Gasteiger partial charge on any atom is -0.303 e. The average Bonchev–Trinajstić information content (AvgIpc) is 2.47. The van der Waals surface area contributed by atoms with E-state index < -0.39 is 10.0 Å². The molecular formula is C16H26N2O3S. The second kappa shape index (κ2) is 7.74. The quantitative estimate of drug-likeness (QED) is 0.919. The van der Waals surface area contributed by atoms with Crippen LogP contribution in [-0.2, 0) is 21.2 Å². The van der Waals surface area contributed by atoms with E-state index in [4.69, 9.17) is 0 Å². The van der Waals surface area contributed by atoms with Crippen LogP contribution in [0.3, 0.4) is 0 Å². The van der Waals surface area contributed by atoms with Gasteiger partial charge in [0.25, 0.3) is 0 Å². The Kier molecular flexibility index (Phi) is 6.56. The third-order valence-corrected chi connectivity index (χ3v) is 4.76. The fourth-order valence-corrected chi connectivity index (χ4v) is 3.44. The van der Waals surface area contributed by atoms with Gasteiger partial charge in [0, 0.05) is 12.6 Å². The SMILES string of the molecule is CC.CC(=O)C(C)N[C@@H]1Cc2ccccc2N(S(C)(=O)=O)C1. The van der Waals surface area contributed by atoms with Crippen molar-refractivity contribution in [2.24, 2.45) is 0 Å². The molecule has 1 aliphatic heterocycles. The minimum atomic E-state index is -3.32. The van der Waals surface area contributed by atoms with Crippen LogP contribution in [0, 0.1) is 0 Å².